The van der Waals surface area contributed by atoms with Crippen LogP contribution in [0.3, 0.4) is 0 Å². The fraction of sp³-hybridized carbons (Fsp3) is 0.448. The highest BCUT2D eigenvalue weighted by atomic mass is 35.5. The summed E-state index contributed by atoms with van der Waals surface area (Å²) in [6.45, 7) is 0.104. The first-order chi connectivity index (χ1) is 19.1. The molecule has 2 aromatic carbocycles. The number of nitrogens with one attached hydrogen (secondary N) is 2. The van der Waals surface area contributed by atoms with E-state index in [1.807, 2.05) is 12.1 Å². The van der Waals surface area contributed by atoms with E-state index in [1.165, 1.54) is 4.90 Å². The molecule has 3 atom stereocenters. The van der Waals surface area contributed by atoms with Gasteiger partial charge in [-0.25, -0.2) is 0 Å². The van der Waals surface area contributed by atoms with Gasteiger partial charge >= 0.3 is 0 Å². The molecule has 1 heterocycles. The van der Waals surface area contributed by atoms with E-state index < -0.39 is 50.6 Å². The van der Waals surface area contributed by atoms with E-state index in [2.05, 4.69) is 10.6 Å². The second-order valence-electron chi connectivity index (χ2n) is 11.3. The summed E-state index contributed by atoms with van der Waals surface area (Å²) < 4.78 is 13.6. The minimum absolute atomic E-state index is 0.0223. The lowest BCUT2D eigenvalue weighted by atomic mass is 9.94. The first-order valence-corrected chi connectivity index (χ1v) is 15.5. The van der Waals surface area contributed by atoms with Gasteiger partial charge in [0.25, 0.3) is 5.91 Å². The normalized spacial score (nSPS) is 24.6. The van der Waals surface area contributed by atoms with Gasteiger partial charge in [-0.3, -0.25) is 23.4 Å². The van der Waals surface area contributed by atoms with Crippen LogP contribution < -0.4 is 10.6 Å². The maximum Gasteiger partial charge on any atom is 0.290 e. The van der Waals surface area contributed by atoms with Crippen molar-refractivity contribution in [2.24, 2.45) is 0 Å². The molecule has 4 aliphatic rings. The number of Topliss-reactive ketones (excluding diaryl/α,β-unsaturated/α-hetero) is 1. The topological polar surface area (TPSA) is 113 Å². The first kappa shape index (κ1) is 27.4. The van der Waals surface area contributed by atoms with Gasteiger partial charge in [-0.2, -0.15) is 0 Å². The average molecular weight is 603 g/mol. The molecular weight excluding hydrogens is 573 g/mol. The summed E-state index contributed by atoms with van der Waals surface area (Å²) in [5, 5.41) is 5.89. The summed E-state index contributed by atoms with van der Waals surface area (Å²) in [6.07, 6.45) is 3.80. The van der Waals surface area contributed by atoms with Gasteiger partial charge < -0.3 is 15.5 Å². The number of carbonyl (C=O) groups is 4. The number of hydrogen-bond acceptors (Lipinski definition) is 5. The summed E-state index contributed by atoms with van der Waals surface area (Å²) in [4.78, 5) is 55.2. The highest BCUT2D eigenvalue weighted by Crippen LogP contribution is 2.51. The van der Waals surface area contributed by atoms with Gasteiger partial charge in [0.15, 0.2) is 0 Å². The molecule has 0 spiro atoms. The van der Waals surface area contributed by atoms with Crippen molar-refractivity contribution < 1.29 is 23.4 Å². The van der Waals surface area contributed by atoms with Gasteiger partial charge in [-0.05, 0) is 74.8 Å². The Morgan fingerprint density at radius 1 is 0.925 bits per heavy atom. The Kier molecular flexibility index (Phi) is 7.04. The number of likely N-dealkylation sites (tertiary alicyclic amines) is 1. The van der Waals surface area contributed by atoms with Crippen molar-refractivity contribution in [2.75, 3.05) is 6.54 Å². The number of rotatable bonds is 9. The lowest BCUT2D eigenvalue weighted by Gasteiger charge is -2.29. The fourth-order valence-corrected chi connectivity index (χ4v) is 7.53. The molecule has 2 aromatic rings. The molecule has 2 N–H and O–H groups in total. The summed E-state index contributed by atoms with van der Waals surface area (Å²) in [5.74, 6) is -2.06. The van der Waals surface area contributed by atoms with Gasteiger partial charge in [0.1, 0.15) is 11.6 Å². The van der Waals surface area contributed by atoms with Crippen molar-refractivity contribution in [1.29, 1.82) is 0 Å². The van der Waals surface area contributed by atoms with E-state index in [9.17, 15) is 23.4 Å². The molecule has 3 amide bonds. The summed E-state index contributed by atoms with van der Waals surface area (Å²) in [7, 11) is -1.58. The summed E-state index contributed by atoms with van der Waals surface area (Å²) in [5.41, 5.74) is -1.21. The second-order valence-corrected chi connectivity index (χ2v) is 13.8. The maximum atomic E-state index is 14.1. The number of hydrogen-bond donors (Lipinski definition) is 2. The van der Waals surface area contributed by atoms with Crippen molar-refractivity contribution >= 4 is 57.5 Å². The third kappa shape index (κ3) is 5.08. The third-order valence-electron chi connectivity index (χ3n) is 8.40. The summed E-state index contributed by atoms with van der Waals surface area (Å²) >= 11 is 12.4. The van der Waals surface area contributed by atoms with Crippen LogP contribution in [0.5, 0.6) is 0 Å². The van der Waals surface area contributed by atoms with Crippen molar-refractivity contribution in [1.82, 2.24) is 15.5 Å². The minimum atomic E-state index is -1.58. The summed E-state index contributed by atoms with van der Waals surface area (Å²) in [6, 6.07) is 13.1. The van der Waals surface area contributed by atoms with Crippen molar-refractivity contribution in [2.45, 2.75) is 78.1 Å². The standard InChI is InChI=1S/C29H29Cl2N3O5S/c30-18-7-5-17(6-8-18)28(11-12-28)27(38)34-16-20(40(39)23-4-2-1-3-21(23)31)15-22(34)25(36)33-29(13-14-29)24(35)26(37)32-19-9-10-19/h1-8,19-20,22H,9-16H2,(H,32,37)(H,33,36)/t20-,22+,40?/m1/s1. The molecule has 11 heteroatoms. The molecule has 6 rings (SSSR count). The molecule has 8 nitrogen and oxygen atoms in total. The fourth-order valence-electron chi connectivity index (χ4n) is 5.56. The predicted molar refractivity (Wildman–Crippen MR) is 150 cm³/mol. The van der Waals surface area contributed by atoms with Gasteiger partial charge in [-0.15, -0.1) is 0 Å². The van der Waals surface area contributed by atoms with E-state index in [4.69, 9.17) is 23.2 Å². The number of halogens is 2. The van der Waals surface area contributed by atoms with E-state index in [-0.39, 0.29) is 24.9 Å². The van der Waals surface area contributed by atoms with Crippen LogP contribution in [0.4, 0.5) is 0 Å². The second kappa shape index (κ2) is 10.3. The smallest absolute Gasteiger partial charge is 0.290 e. The molecule has 1 aliphatic heterocycles. The zero-order valence-corrected chi connectivity index (χ0v) is 24.0. The SMILES string of the molecule is O=C(NC1CC1)C(=O)C1(NC(=O)[C@@H]2C[C@@H](S(=O)c3ccccc3Cl)CN2C(=O)C2(c3ccc(Cl)cc3)CC2)CC1. The lowest BCUT2D eigenvalue weighted by molar-refractivity contribution is -0.143. The first-order valence-electron chi connectivity index (χ1n) is 13.5. The number of nitrogens with zero attached hydrogens (tertiary/aromatic N) is 1. The van der Waals surface area contributed by atoms with E-state index in [0.29, 0.717) is 40.6 Å². The minimum Gasteiger partial charge on any atom is -0.347 e. The van der Waals surface area contributed by atoms with Crippen LogP contribution in [0.2, 0.25) is 10.0 Å². The Morgan fingerprint density at radius 2 is 1.60 bits per heavy atom. The zero-order valence-electron chi connectivity index (χ0n) is 21.7. The maximum absolute atomic E-state index is 14.1. The molecule has 0 aromatic heterocycles. The van der Waals surface area contributed by atoms with Gasteiger partial charge in [0.2, 0.25) is 17.6 Å². The van der Waals surface area contributed by atoms with Gasteiger partial charge in [0.05, 0.1) is 31.4 Å². The van der Waals surface area contributed by atoms with E-state index in [1.54, 1.807) is 36.4 Å². The van der Waals surface area contributed by atoms with Crippen molar-refractivity contribution in [3.8, 4) is 0 Å². The Morgan fingerprint density at radius 3 is 2.20 bits per heavy atom. The molecular formula is C29H29Cl2N3O5S. The Bertz CT molecular complexity index is 1420. The van der Waals surface area contributed by atoms with E-state index in [0.717, 1.165) is 18.4 Å². The molecule has 3 saturated carbocycles. The monoisotopic (exact) mass is 601 g/mol. The molecule has 210 valence electrons. The van der Waals surface area contributed by atoms with Crippen LogP contribution >= 0.6 is 23.2 Å². The van der Waals surface area contributed by atoms with Crippen LogP contribution in [0.25, 0.3) is 0 Å². The van der Waals surface area contributed by atoms with Crippen LogP contribution in [0, 0.1) is 0 Å². The van der Waals surface area contributed by atoms with Crippen molar-refractivity contribution in [3.05, 3.63) is 64.1 Å². The van der Waals surface area contributed by atoms with Gasteiger partial charge in [-0.1, -0.05) is 47.5 Å². The average Bonchev–Trinajstić information content (AvgIpc) is 3.86. The molecule has 4 fully saturated rings. The lowest BCUT2D eigenvalue weighted by Crippen LogP contribution is -2.55. The number of amides is 3. The van der Waals surface area contributed by atoms with Crippen LogP contribution in [-0.2, 0) is 35.4 Å². The Balaban J connectivity index is 1.26. The molecule has 3 aliphatic carbocycles. The van der Waals surface area contributed by atoms with Crippen LogP contribution in [-0.4, -0.2) is 62.0 Å². The number of ketones is 1. The number of carbonyl (C=O) groups excluding carboxylic acids is 4. The highest BCUT2D eigenvalue weighted by molar-refractivity contribution is 7.85. The molecule has 0 bridgehead atoms. The van der Waals surface area contributed by atoms with Gasteiger partial charge in [0, 0.05) is 17.6 Å². The largest absolute Gasteiger partial charge is 0.347 e. The van der Waals surface area contributed by atoms with Crippen molar-refractivity contribution in [3.63, 3.8) is 0 Å². The molecule has 1 saturated heterocycles. The van der Waals surface area contributed by atoms with Crippen LogP contribution in [0.15, 0.2) is 53.4 Å². The Labute approximate surface area is 244 Å². The highest BCUT2D eigenvalue weighted by Gasteiger charge is 2.59. The molecule has 40 heavy (non-hydrogen) atoms. The zero-order chi connectivity index (χ0) is 28.2. The van der Waals surface area contributed by atoms with Crippen LogP contribution in [0.1, 0.15) is 50.5 Å². The molecule has 0 radical (unpaired) electrons. The number of benzene rings is 2. The predicted octanol–water partition coefficient (Wildman–Crippen LogP) is 3.30. The third-order valence-corrected chi connectivity index (χ3v) is 10.8. The molecule has 1 unspecified atom stereocenters. The van der Waals surface area contributed by atoms with E-state index >= 15 is 0 Å². The Hall–Kier alpha value is -2.75. The quantitative estimate of drug-likeness (QED) is 0.428.